The number of alkyl halides is 3. The van der Waals surface area contributed by atoms with E-state index >= 15 is 0 Å². The molecule has 0 N–H and O–H groups in total. The van der Waals surface area contributed by atoms with Crippen molar-refractivity contribution in [1.82, 2.24) is 10.2 Å². The predicted octanol–water partition coefficient (Wildman–Crippen LogP) is 3.10. The second kappa shape index (κ2) is 7.91. The summed E-state index contributed by atoms with van der Waals surface area (Å²) in [6, 6.07) is 0. The number of ether oxygens (including phenoxy) is 3. The molecule has 1 aromatic rings. The highest BCUT2D eigenvalue weighted by molar-refractivity contribution is 5.72. The predicted molar refractivity (Wildman–Crippen MR) is 79.8 cm³/mol. The Kier molecular flexibility index (Phi) is 5.81. The Labute approximate surface area is 148 Å². The largest absolute Gasteiger partial charge is 0.522 e. The summed E-state index contributed by atoms with van der Waals surface area (Å²) in [5.41, 5.74) is 0. The molecule has 0 aromatic carbocycles. The summed E-state index contributed by atoms with van der Waals surface area (Å²) in [5, 5.41) is 7.95. The molecule has 0 aliphatic heterocycles. The number of hydrogen-bond donors (Lipinski definition) is 0. The second-order valence-electron chi connectivity index (χ2n) is 6.70. The van der Waals surface area contributed by atoms with Crippen molar-refractivity contribution in [2.45, 2.75) is 69.6 Å². The number of aromatic nitrogens is 2. The van der Waals surface area contributed by atoms with E-state index < -0.39 is 12.5 Å². The topological polar surface area (TPSA) is 83.7 Å². The van der Waals surface area contributed by atoms with E-state index in [-0.39, 0.29) is 43.4 Å². The van der Waals surface area contributed by atoms with Gasteiger partial charge >= 0.3 is 12.3 Å². The van der Waals surface area contributed by atoms with Gasteiger partial charge in [-0.2, -0.15) is 0 Å². The van der Waals surface area contributed by atoms with E-state index in [2.05, 4.69) is 14.9 Å². The van der Waals surface area contributed by atoms with Crippen molar-refractivity contribution in [3.8, 4) is 0 Å². The Balaban J connectivity index is 1.39. The summed E-state index contributed by atoms with van der Waals surface area (Å²) < 4.78 is 55.9. The molecule has 0 radical (unpaired) electrons. The van der Waals surface area contributed by atoms with E-state index in [0.29, 0.717) is 24.6 Å². The lowest BCUT2D eigenvalue weighted by Crippen LogP contribution is -2.40. The van der Waals surface area contributed by atoms with Crippen molar-refractivity contribution < 1.29 is 36.6 Å². The third-order valence-electron chi connectivity index (χ3n) is 4.89. The second-order valence-corrected chi connectivity index (χ2v) is 6.70. The highest BCUT2D eigenvalue weighted by Gasteiger charge is 2.40. The summed E-state index contributed by atoms with van der Waals surface area (Å²) in [5.74, 6) is 0.656. The summed E-state index contributed by atoms with van der Waals surface area (Å²) in [6.45, 7) is 0.0634. The smallest absolute Gasteiger partial charge is 0.469 e. The minimum atomic E-state index is -4.61. The maximum atomic E-state index is 12.1. The maximum Gasteiger partial charge on any atom is 0.522 e. The van der Waals surface area contributed by atoms with E-state index in [1.165, 1.54) is 7.11 Å². The number of rotatable bonds is 6. The first-order valence-electron chi connectivity index (χ1n) is 8.60. The van der Waals surface area contributed by atoms with Crippen LogP contribution in [0.25, 0.3) is 0 Å². The summed E-state index contributed by atoms with van der Waals surface area (Å²) >= 11 is 0. The molecule has 26 heavy (non-hydrogen) atoms. The van der Waals surface area contributed by atoms with Crippen molar-refractivity contribution in [2.24, 2.45) is 5.92 Å². The average molecular weight is 378 g/mol. The van der Waals surface area contributed by atoms with Crippen LogP contribution in [0.1, 0.15) is 56.2 Å². The van der Waals surface area contributed by atoms with Gasteiger partial charge in [0.2, 0.25) is 11.8 Å². The van der Waals surface area contributed by atoms with Crippen LogP contribution < -0.4 is 0 Å². The van der Waals surface area contributed by atoms with Crippen LogP contribution in [0.2, 0.25) is 0 Å². The van der Waals surface area contributed by atoms with Gasteiger partial charge in [0.1, 0.15) is 6.61 Å². The summed E-state index contributed by atoms with van der Waals surface area (Å²) in [6.07, 6.45) is -2.40. The Bertz CT molecular complexity index is 607. The molecular weight excluding hydrogens is 357 g/mol. The lowest BCUT2D eigenvalue weighted by atomic mass is 9.82. The highest BCUT2D eigenvalue weighted by atomic mass is 19.4. The van der Waals surface area contributed by atoms with Gasteiger partial charge in [0, 0.05) is 18.8 Å². The zero-order valence-corrected chi connectivity index (χ0v) is 14.3. The third kappa shape index (κ3) is 4.94. The van der Waals surface area contributed by atoms with E-state index in [9.17, 15) is 18.0 Å². The fourth-order valence-electron chi connectivity index (χ4n) is 3.36. The van der Waals surface area contributed by atoms with Gasteiger partial charge in [0.15, 0.2) is 0 Å². The van der Waals surface area contributed by atoms with E-state index in [4.69, 9.17) is 13.9 Å². The van der Waals surface area contributed by atoms with Crippen LogP contribution in [-0.2, 0) is 25.6 Å². The lowest BCUT2D eigenvalue weighted by Gasteiger charge is -2.34. The molecule has 2 fully saturated rings. The van der Waals surface area contributed by atoms with Crippen LogP contribution >= 0.6 is 0 Å². The van der Waals surface area contributed by atoms with Crippen molar-refractivity contribution in [3.63, 3.8) is 0 Å². The fourth-order valence-corrected chi connectivity index (χ4v) is 3.36. The van der Waals surface area contributed by atoms with Crippen molar-refractivity contribution in [2.75, 3.05) is 7.11 Å². The number of methoxy groups -OCH3 is 1. The number of carbonyl (C=O) groups excluding carboxylic acids is 1. The first-order valence-corrected chi connectivity index (χ1v) is 8.60. The number of hydrogen-bond acceptors (Lipinski definition) is 7. The molecule has 0 bridgehead atoms. The van der Waals surface area contributed by atoms with Gasteiger partial charge < -0.3 is 13.9 Å². The van der Waals surface area contributed by atoms with Gasteiger partial charge in [-0.25, -0.2) is 0 Å². The molecule has 2 aliphatic rings. The monoisotopic (exact) mass is 378 g/mol. The van der Waals surface area contributed by atoms with Crippen LogP contribution in [0.4, 0.5) is 13.2 Å². The molecule has 7 nitrogen and oxygen atoms in total. The van der Waals surface area contributed by atoms with Crippen LogP contribution in [0.15, 0.2) is 4.42 Å². The Morgan fingerprint density at radius 1 is 1.15 bits per heavy atom. The maximum absolute atomic E-state index is 12.1. The minimum absolute atomic E-state index is 0.0634. The molecule has 0 saturated heterocycles. The van der Waals surface area contributed by atoms with Crippen molar-refractivity contribution >= 4 is 5.97 Å². The SMILES string of the molecule is COC(=O)C1CCC(c2nnc(COC3CC(OC(F)(F)F)C3)o2)CC1. The number of halogens is 3. The van der Waals surface area contributed by atoms with Gasteiger partial charge in [0.05, 0.1) is 25.2 Å². The highest BCUT2D eigenvalue weighted by Crippen LogP contribution is 2.36. The van der Waals surface area contributed by atoms with Crippen molar-refractivity contribution in [3.05, 3.63) is 11.8 Å². The third-order valence-corrected chi connectivity index (χ3v) is 4.89. The number of esters is 1. The standard InChI is InChI=1S/C16H21F3N2O5/c1-23-15(22)10-4-2-9(3-5-10)14-21-20-13(25-14)8-24-11-6-12(7-11)26-16(17,18)19/h9-12H,2-8H2,1H3. The average Bonchev–Trinajstić information content (AvgIpc) is 3.04. The molecule has 10 heteroatoms. The molecule has 0 spiro atoms. The summed E-state index contributed by atoms with van der Waals surface area (Å²) in [4.78, 5) is 11.5. The molecule has 2 aliphatic carbocycles. The molecule has 1 heterocycles. The minimum Gasteiger partial charge on any atom is -0.469 e. The van der Waals surface area contributed by atoms with Crippen molar-refractivity contribution in [1.29, 1.82) is 0 Å². The van der Waals surface area contributed by atoms with Gasteiger partial charge in [-0.3, -0.25) is 9.53 Å². The number of nitrogens with zero attached hydrogens (tertiary/aromatic N) is 2. The van der Waals surface area contributed by atoms with E-state index in [0.717, 1.165) is 12.8 Å². The van der Waals surface area contributed by atoms with Crippen LogP contribution in [0.3, 0.4) is 0 Å². The van der Waals surface area contributed by atoms with Gasteiger partial charge in [-0.05, 0) is 25.7 Å². The van der Waals surface area contributed by atoms with Gasteiger partial charge in [0.25, 0.3) is 0 Å². The lowest BCUT2D eigenvalue weighted by molar-refractivity contribution is -0.357. The molecule has 146 valence electrons. The van der Waals surface area contributed by atoms with Crippen LogP contribution in [0, 0.1) is 5.92 Å². The molecular formula is C16H21F3N2O5. The number of carbonyl (C=O) groups is 1. The van der Waals surface area contributed by atoms with Crippen LogP contribution in [0.5, 0.6) is 0 Å². The van der Waals surface area contributed by atoms with Gasteiger partial charge in [-0.15, -0.1) is 23.4 Å². The van der Waals surface area contributed by atoms with E-state index in [1.807, 2.05) is 0 Å². The fraction of sp³-hybridized carbons (Fsp3) is 0.812. The normalized spacial score (nSPS) is 29.2. The zero-order chi connectivity index (χ0) is 18.7. The first kappa shape index (κ1) is 19.1. The molecule has 2 saturated carbocycles. The molecule has 0 amide bonds. The Hall–Kier alpha value is -1.68. The molecule has 0 atom stereocenters. The Morgan fingerprint density at radius 3 is 2.46 bits per heavy atom. The molecule has 1 aromatic heterocycles. The molecule has 3 rings (SSSR count). The molecule has 0 unspecified atom stereocenters. The zero-order valence-electron chi connectivity index (χ0n) is 14.3. The van der Waals surface area contributed by atoms with Gasteiger partial charge in [-0.1, -0.05) is 0 Å². The summed E-state index contributed by atoms with van der Waals surface area (Å²) in [7, 11) is 1.39. The first-order chi connectivity index (χ1) is 12.3. The Morgan fingerprint density at radius 2 is 1.85 bits per heavy atom. The van der Waals surface area contributed by atoms with E-state index in [1.54, 1.807) is 0 Å². The quantitative estimate of drug-likeness (QED) is 0.703. The van der Waals surface area contributed by atoms with Crippen LogP contribution in [-0.4, -0.2) is 41.8 Å².